The van der Waals surface area contributed by atoms with Crippen LogP contribution in [0.4, 0.5) is 0 Å². The van der Waals surface area contributed by atoms with E-state index in [1.807, 2.05) is 37.5 Å². The quantitative estimate of drug-likeness (QED) is 0.353. The predicted octanol–water partition coefficient (Wildman–Crippen LogP) is 0.0664. The smallest absolute Gasteiger partial charge is 0.223 e. The third-order valence-electron chi connectivity index (χ3n) is 2.37. The standard InChI is InChI=1S/C12H14N4S/c1-2-13-12(17)16-15-8-9-7-14-11-6-4-3-5-10(9)11/h3-8,14H,2H2,1H3,(H2,13,16,17)/p+1/b15-8+. The highest BCUT2D eigenvalue weighted by Crippen LogP contribution is 2.14. The van der Waals surface area contributed by atoms with E-state index in [4.69, 9.17) is 12.2 Å². The fraction of sp³-hybridized carbons (Fsp3) is 0.167. The van der Waals surface area contributed by atoms with Gasteiger partial charge in [0, 0.05) is 23.6 Å². The molecule has 0 aliphatic carbocycles. The number of aromatic amines is 1. The first-order valence-electron chi connectivity index (χ1n) is 5.50. The van der Waals surface area contributed by atoms with E-state index in [9.17, 15) is 0 Å². The molecule has 0 aliphatic heterocycles. The van der Waals surface area contributed by atoms with Gasteiger partial charge in [0.15, 0.2) is 0 Å². The molecule has 88 valence electrons. The second-order valence-electron chi connectivity index (χ2n) is 3.56. The lowest BCUT2D eigenvalue weighted by Crippen LogP contribution is -2.82. The van der Waals surface area contributed by atoms with E-state index in [1.54, 1.807) is 0 Å². The molecule has 2 rings (SSSR count). The third-order valence-corrected chi connectivity index (χ3v) is 2.62. The summed E-state index contributed by atoms with van der Waals surface area (Å²) in [5, 5.41) is 7.72. The summed E-state index contributed by atoms with van der Waals surface area (Å²) in [7, 11) is 0. The largest absolute Gasteiger partial charge is 0.360 e. The number of aromatic nitrogens is 1. The fourth-order valence-corrected chi connectivity index (χ4v) is 1.80. The molecule has 0 radical (unpaired) electrons. The van der Waals surface area contributed by atoms with Crippen molar-refractivity contribution in [1.29, 1.82) is 0 Å². The molecule has 5 heteroatoms. The number of H-pyrrole nitrogens is 1. The second-order valence-corrected chi connectivity index (χ2v) is 3.97. The van der Waals surface area contributed by atoms with Crippen molar-refractivity contribution in [3.05, 3.63) is 36.0 Å². The minimum Gasteiger partial charge on any atom is -0.360 e. The van der Waals surface area contributed by atoms with Crippen molar-refractivity contribution in [3.8, 4) is 0 Å². The zero-order chi connectivity index (χ0) is 12.1. The molecule has 0 atom stereocenters. The molecule has 2 aromatic rings. The van der Waals surface area contributed by atoms with Crippen LogP contribution in [0.3, 0.4) is 0 Å². The molecule has 0 spiro atoms. The van der Waals surface area contributed by atoms with Crippen LogP contribution in [0.2, 0.25) is 0 Å². The average Bonchev–Trinajstić information content (AvgIpc) is 2.73. The zero-order valence-electron chi connectivity index (χ0n) is 9.58. The molecule has 1 heterocycles. The number of benzene rings is 1. The summed E-state index contributed by atoms with van der Waals surface area (Å²) in [6.07, 6.45) is 3.83. The first-order valence-corrected chi connectivity index (χ1v) is 5.91. The monoisotopic (exact) mass is 247 g/mol. The number of thiocarbonyl (C=S) groups is 1. The zero-order valence-corrected chi connectivity index (χ0v) is 10.4. The van der Waals surface area contributed by atoms with E-state index >= 15 is 0 Å². The molecule has 0 bridgehead atoms. The molecule has 0 amide bonds. The Morgan fingerprint density at radius 3 is 3.12 bits per heavy atom. The highest BCUT2D eigenvalue weighted by Gasteiger charge is 2.02. The van der Waals surface area contributed by atoms with E-state index in [0.29, 0.717) is 5.11 Å². The van der Waals surface area contributed by atoms with Crippen molar-refractivity contribution >= 4 is 34.4 Å². The summed E-state index contributed by atoms with van der Waals surface area (Å²) in [5.41, 5.74) is 5.10. The molecule has 4 N–H and O–H groups in total. The number of rotatable bonds is 3. The molecule has 0 unspecified atom stereocenters. The van der Waals surface area contributed by atoms with Crippen molar-refractivity contribution < 1.29 is 5.10 Å². The van der Waals surface area contributed by atoms with Crippen molar-refractivity contribution in [1.82, 2.24) is 15.7 Å². The van der Waals surface area contributed by atoms with Crippen LogP contribution >= 0.6 is 12.2 Å². The molecule has 0 saturated heterocycles. The van der Waals surface area contributed by atoms with Crippen molar-refractivity contribution in [3.63, 3.8) is 0 Å². The van der Waals surface area contributed by atoms with Crippen LogP contribution in [-0.4, -0.2) is 22.9 Å². The van der Waals surface area contributed by atoms with E-state index in [2.05, 4.69) is 26.9 Å². The molecular formula is C12H15N4S+. The summed E-state index contributed by atoms with van der Waals surface area (Å²) in [6.45, 7) is 2.80. The highest BCUT2D eigenvalue weighted by molar-refractivity contribution is 7.80. The predicted molar refractivity (Wildman–Crippen MR) is 73.8 cm³/mol. The maximum atomic E-state index is 5.03. The molecule has 0 aliphatic rings. The molecular weight excluding hydrogens is 232 g/mol. The van der Waals surface area contributed by atoms with Gasteiger partial charge < -0.3 is 10.3 Å². The molecule has 0 saturated carbocycles. The lowest BCUT2D eigenvalue weighted by molar-refractivity contribution is -0.500. The minimum absolute atomic E-state index is 0.587. The van der Waals surface area contributed by atoms with Gasteiger partial charge in [-0.3, -0.25) is 0 Å². The molecule has 4 nitrogen and oxygen atoms in total. The second kappa shape index (κ2) is 5.45. The lowest BCUT2D eigenvalue weighted by Gasteiger charge is -1.97. The van der Waals surface area contributed by atoms with Crippen LogP contribution < -0.4 is 15.8 Å². The Morgan fingerprint density at radius 1 is 1.47 bits per heavy atom. The molecule has 17 heavy (non-hydrogen) atoms. The Kier molecular flexibility index (Phi) is 3.72. The Labute approximate surface area is 105 Å². The van der Waals surface area contributed by atoms with Crippen LogP contribution in [0.1, 0.15) is 12.5 Å². The summed E-state index contributed by atoms with van der Waals surface area (Å²) < 4.78 is 0. The Bertz CT molecular complexity index is 544. The van der Waals surface area contributed by atoms with Gasteiger partial charge in [0.25, 0.3) is 0 Å². The average molecular weight is 247 g/mol. The summed E-state index contributed by atoms with van der Waals surface area (Å²) in [5.74, 6) is 0. The maximum Gasteiger partial charge on any atom is 0.223 e. The number of hydrogen-bond acceptors (Lipinski definition) is 1. The van der Waals surface area contributed by atoms with Gasteiger partial charge in [0.05, 0.1) is 5.56 Å². The molecule has 0 fully saturated rings. The minimum atomic E-state index is 0.587. The van der Waals surface area contributed by atoms with Crippen molar-refractivity contribution in [2.45, 2.75) is 6.92 Å². The van der Waals surface area contributed by atoms with Crippen LogP contribution in [-0.2, 0) is 0 Å². The van der Waals surface area contributed by atoms with E-state index < -0.39 is 0 Å². The van der Waals surface area contributed by atoms with Gasteiger partial charge in [0.2, 0.25) is 11.3 Å². The highest BCUT2D eigenvalue weighted by atomic mass is 32.1. The first kappa shape index (κ1) is 11.6. The van der Waals surface area contributed by atoms with Crippen molar-refractivity contribution in [2.24, 2.45) is 0 Å². The van der Waals surface area contributed by atoms with Crippen LogP contribution in [0, 0.1) is 0 Å². The summed E-state index contributed by atoms with van der Waals surface area (Å²) >= 11 is 5.03. The third kappa shape index (κ3) is 2.82. The van der Waals surface area contributed by atoms with E-state index in [0.717, 1.165) is 17.6 Å². The number of hydrazone groups is 1. The SMILES string of the molecule is CCNC(=S)N/[NH+]=C/c1c[nH]c2ccccc12. The van der Waals surface area contributed by atoms with Crippen molar-refractivity contribution in [2.75, 3.05) is 6.54 Å². The Morgan fingerprint density at radius 2 is 2.29 bits per heavy atom. The van der Waals surface area contributed by atoms with Gasteiger partial charge in [-0.1, -0.05) is 18.2 Å². The van der Waals surface area contributed by atoms with Crippen LogP contribution in [0.5, 0.6) is 0 Å². The van der Waals surface area contributed by atoms with Gasteiger partial charge in [-0.2, -0.15) is 0 Å². The Balaban J connectivity index is 2.08. The topological polar surface area (TPSA) is 53.8 Å². The lowest BCUT2D eigenvalue weighted by atomic mass is 10.2. The number of hydrazine groups is 1. The molecule has 1 aromatic carbocycles. The number of nitrogens with one attached hydrogen (secondary N) is 4. The molecule has 1 aromatic heterocycles. The van der Waals surface area contributed by atoms with Gasteiger partial charge >= 0.3 is 0 Å². The first-order chi connectivity index (χ1) is 8.31. The summed E-state index contributed by atoms with van der Waals surface area (Å²) in [4.78, 5) is 3.20. The van der Waals surface area contributed by atoms with Crippen LogP contribution in [0.25, 0.3) is 10.9 Å². The number of hydrogen-bond donors (Lipinski definition) is 4. The van der Waals surface area contributed by atoms with Gasteiger partial charge in [-0.05, 0) is 25.2 Å². The van der Waals surface area contributed by atoms with E-state index in [-0.39, 0.29) is 0 Å². The maximum absolute atomic E-state index is 5.03. The van der Waals surface area contributed by atoms with Gasteiger partial charge in [0.1, 0.15) is 0 Å². The summed E-state index contributed by atoms with van der Waals surface area (Å²) in [6, 6.07) is 8.14. The van der Waals surface area contributed by atoms with E-state index in [1.165, 1.54) is 5.39 Å². The fourth-order valence-electron chi connectivity index (χ4n) is 1.60. The number of fused-ring (bicyclic) bond motifs is 1. The number of para-hydroxylation sites is 1. The van der Waals surface area contributed by atoms with Gasteiger partial charge in [-0.25, -0.2) is 0 Å². The van der Waals surface area contributed by atoms with Crippen LogP contribution in [0.15, 0.2) is 30.5 Å². The Hall–Kier alpha value is -1.88. The van der Waals surface area contributed by atoms with Gasteiger partial charge in [-0.15, -0.1) is 10.5 Å². The normalized spacial score (nSPS) is 10.9.